The van der Waals surface area contributed by atoms with Crippen molar-refractivity contribution in [1.82, 2.24) is 0 Å². The minimum atomic E-state index is -4.08. The first kappa shape index (κ1) is 46.5. The third-order valence-electron chi connectivity index (χ3n) is 7.57. The summed E-state index contributed by atoms with van der Waals surface area (Å²) < 4.78 is 56.8. The number of ether oxygens (including phenoxy) is 5. The molecule has 54 heavy (non-hydrogen) atoms. The molecule has 0 aliphatic carbocycles. The number of phosphoric ester groups is 1. The van der Waals surface area contributed by atoms with Crippen LogP contribution in [-0.4, -0.2) is 95.6 Å². The smallest absolute Gasteiger partial charge is 0.461 e. The molecule has 0 spiro atoms. The number of carbonyl (C=O) groups is 4. The molecule has 14 nitrogen and oxygen atoms in total. The van der Waals surface area contributed by atoms with E-state index in [2.05, 4.69) is 0 Å². The highest BCUT2D eigenvalue weighted by molar-refractivity contribution is 7.48. The lowest BCUT2D eigenvalue weighted by Gasteiger charge is -2.29. The number of hydrogen-bond donors (Lipinski definition) is 1. The van der Waals surface area contributed by atoms with E-state index in [1.807, 2.05) is 13.8 Å². The van der Waals surface area contributed by atoms with E-state index in [1.54, 1.807) is 55.6 Å². The van der Waals surface area contributed by atoms with Gasteiger partial charge in [-0.2, -0.15) is 0 Å². The van der Waals surface area contributed by atoms with Gasteiger partial charge < -0.3 is 28.8 Å². The summed E-state index contributed by atoms with van der Waals surface area (Å²) in [4.78, 5) is 50.3. The lowest BCUT2D eigenvalue weighted by atomic mass is 9.96. The Morgan fingerprint density at radius 1 is 0.500 bits per heavy atom. The Morgan fingerprint density at radius 2 is 0.778 bits per heavy atom. The maximum atomic E-state index is 13.5. The zero-order chi connectivity index (χ0) is 40.8. The van der Waals surface area contributed by atoms with Gasteiger partial charge in [0.1, 0.15) is 0 Å². The Morgan fingerprint density at radius 3 is 1.04 bits per heavy atom. The van der Waals surface area contributed by atoms with Crippen molar-refractivity contribution in [3.05, 3.63) is 70.8 Å². The monoisotopic (exact) mass is 780 g/mol. The van der Waals surface area contributed by atoms with E-state index in [9.17, 15) is 28.8 Å². The van der Waals surface area contributed by atoms with Crippen molar-refractivity contribution in [3.8, 4) is 0 Å². The summed E-state index contributed by atoms with van der Waals surface area (Å²) in [5.41, 5.74) is -1.58. The highest BCUT2D eigenvalue weighted by Gasteiger charge is 2.34. The molecule has 0 bridgehead atoms. The van der Waals surface area contributed by atoms with Crippen LogP contribution in [0.4, 0.5) is 0 Å². The molecule has 15 heteroatoms. The van der Waals surface area contributed by atoms with Gasteiger partial charge in [0.05, 0.1) is 81.7 Å². The van der Waals surface area contributed by atoms with Crippen molar-refractivity contribution in [2.75, 3.05) is 66.6 Å². The zero-order valence-electron chi connectivity index (χ0n) is 33.2. The van der Waals surface area contributed by atoms with Gasteiger partial charge in [0.2, 0.25) is 0 Å². The van der Waals surface area contributed by atoms with Crippen LogP contribution in [-0.2, 0) is 41.8 Å². The molecule has 0 aliphatic heterocycles. The van der Waals surface area contributed by atoms with E-state index in [-0.39, 0.29) is 80.5 Å². The molecule has 0 heterocycles. The quantitative estimate of drug-likeness (QED) is 0.0696. The molecular formula is C39H57O14P. The van der Waals surface area contributed by atoms with Crippen molar-refractivity contribution in [1.29, 1.82) is 0 Å². The molecular weight excluding hydrogens is 723 g/mol. The summed E-state index contributed by atoms with van der Waals surface area (Å²) >= 11 is 0. The maximum Gasteiger partial charge on any atom is 0.474 e. The fraction of sp³-hybridized carbons (Fsp3) is 0.590. The first-order valence-corrected chi connectivity index (χ1v) is 19.0. The Hall–Kier alpha value is -3.65. The number of aliphatic hydroxyl groups excluding tert-OH is 1. The van der Waals surface area contributed by atoms with Crippen LogP contribution < -0.4 is 0 Å². The van der Waals surface area contributed by atoms with Crippen LogP contribution >= 0.6 is 7.82 Å². The third kappa shape index (κ3) is 16.4. The number of esters is 4. The molecule has 0 fully saturated rings. The Balaban J connectivity index is 1.87. The van der Waals surface area contributed by atoms with Gasteiger partial charge in [-0.1, -0.05) is 55.4 Å². The fourth-order valence-electron chi connectivity index (χ4n) is 4.20. The molecule has 1 N–H and O–H groups in total. The topological polar surface area (TPSA) is 179 Å². The second-order valence-corrected chi connectivity index (χ2v) is 17.8. The number of methoxy groups -OCH3 is 1. The lowest BCUT2D eigenvalue weighted by Crippen LogP contribution is -2.29. The van der Waals surface area contributed by atoms with Gasteiger partial charge in [-0.25, -0.2) is 23.7 Å². The van der Waals surface area contributed by atoms with Gasteiger partial charge in [-0.3, -0.25) is 13.6 Å². The van der Waals surface area contributed by atoms with E-state index < -0.39 is 47.9 Å². The highest BCUT2D eigenvalue weighted by Crippen LogP contribution is 2.51. The summed E-state index contributed by atoms with van der Waals surface area (Å²) in [6.45, 7) is 16.0. The summed E-state index contributed by atoms with van der Waals surface area (Å²) in [7, 11) is -2.50. The average Bonchev–Trinajstić information content (AvgIpc) is 3.13. The summed E-state index contributed by atoms with van der Waals surface area (Å²) in [6.07, 6.45) is 0. The first-order chi connectivity index (χ1) is 25.1. The van der Waals surface area contributed by atoms with Crippen molar-refractivity contribution in [3.63, 3.8) is 0 Å². The van der Waals surface area contributed by atoms with Gasteiger partial charge in [0.15, 0.2) is 0 Å². The first-order valence-electron chi connectivity index (χ1n) is 17.6. The minimum Gasteiger partial charge on any atom is -0.461 e. The van der Waals surface area contributed by atoms with E-state index in [0.29, 0.717) is 6.61 Å². The van der Waals surface area contributed by atoms with Crippen molar-refractivity contribution < 1.29 is 66.1 Å². The summed E-state index contributed by atoms with van der Waals surface area (Å²) in [5.74, 6) is -2.36. The molecule has 2 aromatic rings. The lowest BCUT2D eigenvalue weighted by molar-refractivity contribution is 0.00528. The zero-order valence-corrected chi connectivity index (χ0v) is 34.1. The second kappa shape index (κ2) is 20.3. The predicted molar refractivity (Wildman–Crippen MR) is 199 cm³/mol. The summed E-state index contributed by atoms with van der Waals surface area (Å²) in [6, 6.07) is 11.7. The average molecular weight is 781 g/mol. The van der Waals surface area contributed by atoms with E-state index in [0.717, 1.165) is 0 Å². The molecule has 0 aliphatic rings. The molecule has 0 amide bonds. The van der Waals surface area contributed by atoms with Crippen molar-refractivity contribution >= 4 is 31.7 Å². The highest BCUT2D eigenvalue weighted by atomic mass is 31.2. The number of rotatable bonds is 23. The molecule has 0 aromatic heterocycles. The molecule has 2 aromatic carbocycles. The number of aliphatic hydroxyl groups is 1. The number of hydrogen-bond acceptors (Lipinski definition) is 14. The number of benzene rings is 2. The predicted octanol–water partition coefficient (Wildman–Crippen LogP) is 6.94. The van der Waals surface area contributed by atoms with Crippen LogP contribution in [0.5, 0.6) is 0 Å². The van der Waals surface area contributed by atoms with Crippen molar-refractivity contribution in [2.24, 2.45) is 21.7 Å². The van der Waals surface area contributed by atoms with Crippen LogP contribution in [0.2, 0.25) is 0 Å². The minimum absolute atomic E-state index is 0.0271. The Kier molecular flexibility index (Phi) is 17.5. The normalized spacial score (nSPS) is 13.5. The number of carbonyl (C=O) groups excluding carboxylic acids is 4. The molecule has 2 rings (SSSR count). The van der Waals surface area contributed by atoms with Crippen LogP contribution in [0, 0.1) is 21.7 Å². The van der Waals surface area contributed by atoms with Crippen LogP contribution in [0.3, 0.4) is 0 Å². The summed E-state index contributed by atoms with van der Waals surface area (Å²) in [5, 5.41) is 9.34. The van der Waals surface area contributed by atoms with Crippen molar-refractivity contribution in [2.45, 2.75) is 62.3 Å². The van der Waals surface area contributed by atoms with E-state index in [1.165, 1.54) is 48.5 Å². The molecule has 0 saturated carbocycles. The van der Waals surface area contributed by atoms with Gasteiger partial charge in [-0.05, 0) is 55.5 Å². The largest absolute Gasteiger partial charge is 0.474 e. The van der Waals surface area contributed by atoms with Crippen LogP contribution in [0.15, 0.2) is 48.5 Å². The SMILES string of the molecule is CCOP(=O)(OCC(C)(C)COC(=O)c1ccc(C(=O)OCC(C)(C)CO)cc1)OCC(C)(C)COC(=O)c1ccc(C(=O)OCC(C)(C)COC)cc1. The Bertz CT molecular complexity index is 1580. The molecule has 1 unspecified atom stereocenters. The number of phosphoric acid groups is 1. The molecule has 0 saturated heterocycles. The second-order valence-electron chi connectivity index (χ2n) is 16.1. The van der Waals surface area contributed by atoms with Crippen LogP contribution in [0.1, 0.15) is 104 Å². The maximum absolute atomic E-state index is 13.5. The molecule has 0 radical (unpaired) electrons. The molecule has 302 valence electrons. The van der Waals surface area contributed by atoms with Gasteiger partial charge in [0.25, 0.3) is 0 Å². The van der Waals surface area contributed by atoms with Gasteiger partial charge in [0, 0.05) is 28.8 Å². The Labute approximate surface area is 318 Å². The van der Waals surface area contributed by atoms with E-state index >= 15 is 0 Å². The van der Waals surface area contributed by atoms with Crippen LogP contribution in [0.25, 0.3) is 0 Å². The fourth-order valence-corrected chi connectivity index (χ4v) is 5.76. The third-order valence-corrected chi connectivity index (χ3v) is 9.03. The standard InChI is InChI=1S/C39H57O14P/c1-11-51-54(45,52-26-38(6,7)24-49-34(43)30-14-12-28(13-15-30)32(41)47-22-36(2,3)20-40)53-27-39(8,9)25-50-35(44)31-18-16-29(17-19-31)33(42)48-23-37(4,5)21-46-10/h12-19,40H,11,20-27H2,1-10H3. The van der Waals surface area contributed by atoms with Gasteiger partial charge in [-0.15, -0.1) is 0 Å². The van der Waals surface area contributed by atoms with E-state index in [4.69, 9.17) is 37.3 Å². The van der Waals surface area contributed by atoms with Gasteiger partial charge >= 0.3 is 31.7 Å². The molecule has 1 atom stereocenters.